The number of carbonyl (C=O) groups is 5. The summed E-state index contributed by atoms with van der Waals surface area (Å²) in [4.78, 5) is 59.3. The smallest absolute Gasteiger partial charge is 0.408 e. The molecule has 0 fully saturated rings. The summed E-state index contributed by atoms with van der Waals surface area (Å²) in [5.74, 6) is -4.41. The van der Waals surface area contributed by atoms with Crippen LogP contribution in [-0.4, -0.2) is 59.6 Å². The first-order valence-corrected chi connectivity index (χ1v) is 9.93. The summed E-state index contributed by atoms with van der Waals surface area (Å²) in [7, 11) is 0. The number of amides is 3. The van der Waals surface area contributed by atoms with Gasteiger partial charge < -0.3 is 25.8 Å². The van der Waals surface area contributed by atoms with E-state index in [2.05, 4.69) is 16.0 Å². The van der Waals surface area contributed by atoms with Crippen molar-refractivity contribution >= 4 is 29.7 Å². The lowest BCUT2D eigenvalue weighted by Gasteiger charge is -2.24. The number of Topliss-reactive ketones (excluding diaryl/α,β-unsaturated/α-hetero) is 1. The molecule has 0 aliphatic rings. The lowest BCUT2D eigenvalue weighted by molar-refractivity contribution is -0.140. The molecule has 1 rings (SSSR count). The van der Waals surface area contributed by atoms with Crippen LogP contribution in [0.25, 0.3) is 0 Å². The minimum atomic E-state index is -1.56. The average Bonchev–Trinajstić information content (AvgIpc) is 2.74. The molecule has 3 atom stereocenters. The largest absolute Gasteiger partial charge is 0.481 e. The van der Waals surface area contributed by atoms with E-state index in [4.69, 9.17) is 9.84 Å². The fourth-order valence-corrected chi connectivity index (χ4v) is 2.61. The molecule has 4 N–H and O–H groups in total. The molecule has 0 bridgehead atoms. The van der Waals surface area contributed by atoms with E-state index in [0.717, 1.165) is 5.56 Å². The normalized spacial score (nSPS) is 13.4. The number of hydrogen-bond donors (Lipinski definition) is 4. The first-order chi connectivity index (χ1) is 15.0. The first-order valence-electron chi connectivity index (χ1n) is 9.93. The summed E-state index contributed by atoms with van der Waals surface area (Å²) in [6.45, 7) is 3.22. The second-order valence-electron chi connectivity index (χ2n) is 7.42. The van der Waals surface area contributed by atoms with Gasteiger partial charge in [0, 0.05) is 0 Å². The van der Waals surface area contributed by atoms with Gasteiger partial charge in [-0.2, -0.15) is 0 Å². The number of hydrogen-bond acceptors (Lipinski definition) is 6. The van der Waals surface area contributed by atoms with Gasteiger partial charge in [0.2, 0.25) is 11.8 Å². The molecule has 10 nitrogen and oxygen atoms in total. The Kier molecular flexibility index (Phi) is 10.8. The highest BCUT2D eigenvalue weighted by Gasteiger charge is 2.30. The van der Waals surface area contributed by atoms with Crippen LogP contribution in [0.2, 0.25) is 0 Å². The summed E-state index contributed by atoms with van der Waals surface area (Å²) >= 11 is 0. The number of alkyl halides is 1. The number of nitrogens with one attached hydrogen (secondary N) is 3. The fourth-order valence-electron chi connectivity index (χ4n) is 2.61. The van der Waals surface area contributed by atoms with Crippen LogP contribution in [-0.2, 0) is 30.5 Å². The molecule has 0 saturated heterocycles. The minimum absolute atomic E-state index is 0.00544. The van der Waals surface area contributed by atoms with Crippen LogP contribution in [0.3, 0.4) is 0 Å². The number of ether oxygens (including phenoxy) is 1. The maximum atomic E-state index is 12.6. The number of carbonyl (C=O) groups excluding carboxylic acids is 4. The third-order valence-corrected chi connectivity index (χ3v) is 4.40. The Bertz CT molecular complexity index is 817. The zero-order valence-corrected chi connectivity index (χ0v) is 18.1. The predicted molar refractivity (Wildman–Crippen MR) is 111 cm³/mol. The molecule has 1 unspecified atom stereocenters. The number of aliphatic carboxylic acids is 1. The number of carboxylic acid groups (broad SMARTS) is 1. The lowest BCUT2D eigenvalue weighted by atomic mass is 10.0. The lowest BCUT2D eigenvalue weighted by Crippen LogP contribution is -2.56. The van der Waals surface area contributed by atoms with E-state index in [0.29, 0.717) is 0 Å². The average molecular weight is 453 g/mol. The van der Waals surface area contributed by atoms with Gasteiger partial charge in [-0.3, -0.25) is 19.2 Å². The SMILES string of the molecule is CC(NC(=O)[C@@H](NC(=O)OCc1ccccc1)C(C)C)C(=O)N[C@@H](CC(=O)O)C(=O)CF. The van der Waals surface area contributed by atoms with Crippen molar-refractivity contribution < 1.29 is 38.2 Å². The maximum Gasteiger partial charge on any atom is 0.408 e. The molecule has 0 saturated carbocycles. The van der Waals surface area contributed by atoms with Gasteiger partial charge in [0.05, 0.1) is 6.42 Å². The Morgan fingerprint density at radius 1 is 0.969 bits per heavy atom. The van der Waals surface area contributed by atoms with Crippen molar-refractivity contribution in [3.05, 3.63) is 35.9 Å². The molecule has 3 amide bonds. The standard InChI is InChI=1S/C21H28FN3O7/c1-12(2)18(25-21(31)32-11-14-7-5-4-6-8-14)20(30)23-13(3)19(29)24-15(9-17(27)28)16(26)10-22/h4-8,12-13,15,18H,9-11H2,1-3H3,(H,23,30)(H,24,29)(H,25,31)(H,27,28)/t13?,15-,18-/m0/s1. The number of benzene rings is 1. The molecule has 0 aliphatic heterocycles. The van der Waals surface area contributed by atoms with Crippen LogP contribution in [0.5, 0.6) is 0 Å². The van der Waals surface area contributed by atoms with Gasteiger partial charge in [-0.05, 0) is 18.4 Å². The molecule has 1 aromatic carbocycles. The van der Waals surface area contributed by atoms with Gasteiger partial charge in [-0.25, -0.2) is 9.18 Å². The van der Waals surface area contributed by atoms with E-state index in [1.807, 2.05) is 6.07 Å². The van der Waals surface area contributed by atoms with Gasteiger partial charge in [0.15, 0.2) is 5.78 Å². The van der Waals surface area contributed by atoms with E-state index >= 15 is 0 Å². The molecule has 0 aromatic heterocycles. The highest BCUT2D eigenvalue weighted by molar-refractivity contribution is 5.95. The van der Waals surface area contributed by atoms with Crippen LogP contribution < -0.4 is 16.0 Å². The van der Waals surface area contributed by atoms with Crippen molar-refractivity contribution in [2.24, 2.45) is 5.92 Å². The van der Waals surface area contributed by atoms with Crippen molar-refractivity contribution in [1.82, 2.24) is 16.0 Å². The Labute approximate surface area is 184 Å². The Hall–Kier alpha value is -3.50. The summed E-state index contributed by atoms with van der Waals surface area (Å²) in [6.07, 6.45) is -1.62. The van der Waals surface area contributed by atoms with E-state index in [-0.39, 0.29) is 12.5 Å². The van der Waals surface area contributed by atoms with Gasteiger partial charge in [0.25, 0.3) is 0 Å². The number of halogens is 1. The highest BCUT2D eigenvalue weighted by atomic mass is 19.1. The third-order valence-electron chi connectivity index (χ3n) is 4.40. The monoisotopic (exact) mass is 453 g/mol. The summed E-state index contributed by atoms with van der Waals surface area (Å²) in [5.41, 5.74) is 0.761. The second kappa shape index (κ2) is 13.0. The zero-order chi connectivity index (χ0) is 24.3. The van der Waals surface area contributed by atoms with E-state index < -0.39 is 60.9 Å². The maximum absolute atomic E-state index is 12.6. The molecule has 11 heteroatoms. The van der Waals surface area contributed by atoms with Crippen molar-refractivity contribution in [3.8, 4) is 0 Å². The molecule has 0 spiro atoms. The van der Waals surface area contributed by atoms with Gasteiger partial charge in [0.1, 0.15) is 31.4 Å². The summed E-state index contributed by atoms with van der Waals surface area (Å²) in [5, 5.41) is 15.7. The molecular formula is C21H28FN3O7. The zero-order valence-electron chi connectivity index (χ0n) is 18.1. The first kappa shape index (κ1) is 26.5. The Balaban J connectivity index is 2.67. The van der Waals surface area contributed by atoms with Crippen molar-refractivity contribution in [1.29, 1.82) is 0 Å². The van der Waals surface area contributed by atoms with E-state index in [1.54, 1.807) is 38.1 Å². The van der Waals surface area contributed by atoms with Crippen molar-refractivity contribution in [3.63, 3.8) is 0 Å². The quantitative estimate of drug-likeness (QED) is 0.368. The fraction of sp³-hybridized carbons (Fsp3) is 0.476. The van der Waals surface area contributed by atoms with Crippen molar-refractivity contribution in [2.75, 3.05) is 6.67 Å². The second-order valence-corrected chi connectivity index (χ2v) is 7.42. The Morgan fingerprint density at radius 3 is 2.12 bits per heavy atom. The number of alkyl carbamates (subject to hydrolysis) is 1. The van der Waals surface area contributed by atoms with E-state index in [9.17, 15) is 28.4 Å². The van der Waals surface area contributed by atoms with E-state index in [1.165, 1.54) is 6.92 Å². The number of carboxylic acids is 1. The van der Waals surface area contributed by atoms with Gasteiger partial charge >= 0.3 is 12.1 Å². The highest BCUT2D eigenvalue weighted by Crippen LogP contribution is 2.06. The molecule has 176 valence electrons. The molecule has 32 heavy (non-hydrogen) atoms. The number of ketones is 1. The molecular weight excluding hydrogens is 425 g/mol. The van der Waals surface area contributed by atoms with Gasteiger partial charge in [-0.1, -0.05) is 44.2 Å². The topological polar surface area (TPSA) is 151 Å². The minimum Gasteiger partial charge on any atom is -0.481 e. The summed E-state index contributed by atoms with van der Waals surface area (Å²) in [6, 6.07) is 5.15. The van der Waals surface area contributed by atoms with Crippen LogP contribution in [0, 0.1) is 5.92 Å². The summed E-state index contributed by atoms with van der Waals surface area (Å²) < 4.78 is 17.7. The molecule has 0 heterocycles. The van der Waals surface area contributed by atoms with Crippen LogP contribution in [0.1, 0.15) is 32.8 Å². The van der Waals surface area contributed by atoms with Crippen LogP contribution in [0.15, 0.2) is 30.3 Å². The molecule has 0 radical (unpaired) electrons. The molecule has 1 aromatic rings. The molecule has 0 aliphatic carbocycles. The van der Waals surface area contributed by atoms with Crippen LogP contribution in [0.4, 0.5) is 9.18 Å². The van der Waals surface area contributed by atoms with Gasteiger partial charge in [-0.15, -0.1) is 0 Å². The number of rotatable bonds is 12. The Morgan fingerprint density at radius 2 is 1.59 bits per heavy atom. The third kappa shape index (κ3) is 9.11. The predicted octanol–water partition coefficient (Wildman–Crippen LogP) is 0.940. The van der Waals surface area contributed by atoms with Crippen LogP contribution >= 0.6 is 0 Å². The van der Waals surface area contributed by atoms with Crippen molar-refractivity contribution in [2.45, 2.75) is 51.9 Å².